The molecule has 2 aromatic carbocycles. The molecule has 0 saturated heterocycles. The van der Waals surface area contributed by atoms with Gasteiger partial charge in [0.1, 0.15) is 11.8 Å². The van der Waals surface area contributed by atoms with Crippen molar-refractivity contribution in [1.29, 1.82) is 0 Å². The number of carboxylic acid groups (broad SMARTS) is 1. The van der Waals surface area contributed by atoms with Gasteiger partial charge in [-0.15, -0.1) is 0 Å². The van der Waals surface area contributed by atoms with E-state index >= 15 is 0 Å². The van der Waals surface area contributed by atoms with E-state index in [1.165, 1.54) is 0 Å². The van der Waals surface area contributed by atoms with Gasteiger partial charge in [-0.25, -0.2) is 0 Å². The van der Waals surface area contributed by atoms with Crippen LogP contribution in [-0.4, -0.2) is 29.6 Å². The van der Waals surface area contributed by atoms with Crippen LogP contribution in [0.1, 0.15) is 17.5 Å². The van der Waals surface area contributed by atoms with Gasteiger partial charge in [0.25, 0.3) is 0 Å². The summed E-state index contributed by atoms with van der Waals surface area (Å²) in [5.74, 6) is -1.18. The molecule has 0 spiro atoms. The van der Waals surface area contributed by atoms with E-state index in [1.54, 1.807) is 0 Å². The number of rotatable bonds is 10. The Kier molecular flexibility index (Phi) is 7.14. The summed E-state index contributed by atoms with van der Waals surface area (Å²) in [4.78, 5) is 23.3. The summed E-state index contributed by atoms with van der Waals surface area (Å²) in [7, 11) is 0. The van der Waals surface area contributed by atoms with Crippen molar-refractivity contribution in [3.63, 3.8) is 0 Å². The van der Waals surface area contributed by atoms with E-state index in [0.29, 0.717) is 6.61 Å². The lowest BCUT2D eigenvalue weighted by molar-refractivity contribution is -0.141. The van der Waals surface area contributed by atoms with Gasteiger partial charge in [-0.1, -0.05) is 60.7 Å². The minimum Gasteiger partial charge on any atom is -0.480 e. The second-order valence-electron chi connectivity index (χ2n) is 5.48. The molecule has 5 heteroatoms. The van der Waals surface area contributed by atoms with Crippen LogP contribution in [0.5, 0.6) is 0 Å². The number of hydrogen-bond acceptors (Lipinski definition) is 4. The zero-order chi connectivity index (χ0) is 17.2. The predicted molar refractivity (Wildman–Crippen MR) is 90.4 cm³/mol. The van der Waals surface area contributed by atoms with Crippen molar-refractivity contribution in [2.24, 2.45) is 0 Å². The lowest BCUT2D eigenvalue weighted by Gasteiger charge is -2.14. The molecule has 24 heavy (non-hydrogen) atoms. The Bertz CT molecular complexity index is 643. The van der Waals surface area contributed by atoms with Crippen LogP contribution in [0.25, 0.3) is 0 Å². The largest absolute Gasteiger partial charge is 0.480 e. The lowest BCUT2D eigenvalue weighted by Crippen LogP contribution is -2.40. The fraction of sp³-hybridized carbons (Fsp3) is 0.263. The Morgan fingerprint density at radius 3 is 2.12 bits per heavy atom. The molecular weight excluding hydrogens is 306 g/mol. The number of carbonyl (C=O) groups excluding carboxylic acids is 1. The van der Waals surface area contributed by atoms with Gasteiger partial charge in [0.2, 0.25) is 0 Å². The van der Waals surface area contributed by atoms with Gasteiger partial charge >= 0.3 is 5.97 Å². The van der Waals surface area contributed by atoms with Crippen LogP contribution in [0.3, 0.4) is 0 Å². The number of ether oxygens (including phenoxy) is 1. The highest BCUT2D eigenvalue weighted by molar-refractivity contribution is 5.87. The SMILES string of the molecule is O=C(Cc1ccccc1)C[C@H](NCOCc1ccccc1)C(=O)O. The fourth-order valence-corrected chi connectivity index (χ4v) is 2.27. The molecule has 5 nitrogen and oxygen atoms in total. The van der Waals surface area contributed by atoms with Crippen LogP contribution in [0.4, 0.5) is 0 Å². The van der Waals surface area contributed by atoms with Gasteiger partial charge in [0.15, 0.2) is 0 Å². The van der Waals surface area contributed by atoms with Crippen molar-refractivity contribution in [2.75, 3.05) is 6.73 Å². The number of ketones is 1. The monoisotopic (exact) mass is 327 g/mol. The van der Waals surface area contributed by atoms with Crippen LogP contribution in [0, 0.1) is 0 Å². The van der Waals surface area contributed by atoms with Gasteiger partial charge in [-0.05, 0) is 11.1 Å². The minimum atomic E-state index is -1.06. The molecule has 0 heterocycles. The summed E-state index contributed by atoms with van der Waals surface area (Å²) in [6.45, 7) is 0.461. The molecule has 0 bridgehead atoms. The molecular formula is C19H21NO4. The topological polar surface area (TPSA) is 75.6 Å². The summed E-state index contributed by atoms with van der Waals surface area (Å²) < 4.78 is 5.41. The average molecular weight is 327 g/mol. The van der Waals surface area contributed by atoms with Crippen molar-refractivity contribution >= 4 is 11.8 Å². The third-order valence-electron chi connectivity index (χ3n) is 3.52. The standard InChI is InChI=1S/C19H21NO4/c21-17(11-15-7-3-1-4-8-15)12-18(19(22)23)20-14-24-13-16-9-5-2-6-10-16/h1-10,18,20H,11-14H2,(H,22,23)/t18-/m0/s1. The molecule has 0 amide bonds. The quantitative estimate of drug-likeness (QED) is 0.518. The number of carboxylic acids is 1. The highest BCUT2D eigenvalue weighted by atomic mass is 16.5. The number of benzene rings is 2. The third-order valence-corrected chi connectivity index (χ3v) is 3.52. The fourth-order valence-electron chi connectivity index (χ4n) is 2.27. The van der Waals surface area contributed by atoms with E-state index < -0.39 is 12.0 Å². The highest BCUT2D eigenvalue weighted by Crippen LogP contribution is 2.05. The number of nitrogens with one attached hydrogen (secondary N) is 1. The molecule has 2 N–H and O–H groups in total. The first-order valence-corrected chi connectivity index (χ1v) is 7.78. The maximum Gasteiger partial charge on any atom is 0.321 e. The molecule has 0 radical (unpaired) electrons. The Morgan fingerprint density at radius 2 is 1.54 bits per heavy atom. The second kappa shape index (κ2) is 9.60. The Hall–Kier alpha value is -2.50. The average Bonchev–Trinajstić information content (AvgIpc) is 2.59. The predicted octanol–water partition coefficient (Wildman–Crippen LogP) is 2.41. The Morgan fingerprint density at radius 1 is 0.958 bits per heavy atom. The number of Topliss-reactive ketones (excluding diaryl/α,β-unsaturated/α-hetero) is 1. The molecule has 1 atom stereocenters. The van der Waals surface area contributed by atoms with Crippen molar-refractivity contribution in [1.82, 2.24) is 5.32 Å². The molecule has 126 valence electrons. The summed E-state index contributed by atoms with van der Waals surface area (Å²) in [6, 6.07) is 17.9. The van der Waals surface area contributed by atoms with Crippen LogP contribution in [0.15, 0.2) is 60.7 Å². The van der Waals surface area contributed by atoms with Crippen LogP contribution in [0.2, 0.25) is 0 Å². The first-order chi connectivity index (χ1) is 11.6. The molecule has 2 aromatic rings. The third kappa shape index (κ3) is 6.32. The van der Waals surface area contributed by atoms with E-state index in [2.05, 4.69) is 5.32 Å². The highest BCUT2D eigenvalue weighted by Gasteiger charge is 2.20. The van der Waals surface area contributed by atoms with Crippen molar-refractivity contribution < 1.29 is 19.4 Å². The molecule has 0 aliphatic rings. The smallest absolute Gasteiger partial charge is 0.321 e. The van der Waals surface area contributed by atoms with E-state index in [-0.39, 0.29) is 25.4 Å². The molecule has 0 aromatic heterocycles. The molecule has 0 unspecified atom stereocenters. The normalized spacial score (nSPS) is 11.8. The summed E-state index contributed by atoms with van der Waals surface area (Å²) in [5.41, 5.74) is 1.89. The van der Waals surface area contributed by atoms with Crippen LogP contribution < -0.4 is 5.32 Å². The minimum absolute atomic E-state index is 0.0705. The van der Waals surface area contributed by atoms with Gasteiger partial charge in [0, 0.05) is 12.8 Å². The van der Waals surface area contributed by atoms with Gasteiger partial charge in [-0.2, -0.15) is 0 Å². The lowest BCUT2D eigenvalue weighted by atomic mass is 10.0. The first kappa shape index (κ1) is 17.8. The van der Waals surface area contributed by atoms with E-state index in [1.807, 2.05) is 60.7 Å². The second-order valence-corrected chi connectivity index (χ2v) is 5.48. The van der Waals surface area contributed by atoms with E-state index in [0.717, 1.165) is 11.1 Å². The van der Waals surface area contributed by atoms with E-state index in [4.69, 9.17) is 4.74 Å². The molecule has 0 aliphatic carbocycles. The molecule has 0 aliphatic heterocycles. The number of carbonyl (C=O) groups is 2. The zero-order valence-electron chi connectivity index (χ0n) is 13.4. The summed E-state index contributed by atoms with van der Waals surface area (Å²) in [5, 5.41) is 12.0. The van der Waals surface area contributed by atoms with Crippen molar-refractivity contribution in [2.45, 2.75) is 25.5 Å². The van der Waals surface area contributed by atoms with Crippen LogP contribution in [-0.2, 0) is 27.4 Å². The number of aliphatic carboxylic acids is 1. The molecule has 2 rings (SSSR count). The van der Waals surface area contributed by atoms with Crippen molar-refractivity contribution in [3.05, 3.63) is 71.8 Å². The Balaban J connectivity index is 1.75. The van der Waals surface area contributed by atoms with Gasteiger partial charge in [0.05, 0.1) is 13.3 Å². The number of hydrogen-bond donors (Lipinski definition) is 2. The molecule has 0 fully saturated rings. The Labute approximate surface area is 141 Å². The molecule has 0 saturated carbocycles. The van der Waals surface area contributed by atoms with Gasteiger partial charge in [-0.3, -0.25) is 14.9 Å². The summed E-state index contributed by atoms with van der Waals surface area (Å²) in [6.07, 6.45) is 0.163. The maximum absolute atomic E-state index is 12.0. The van der Waals surface area contributed by atoms with E-state index in [9.17, 15) is 14.7 Å². The zero-order valence-corrected chi connectivity index (χ0v) is 13.4. The first-order valence-electron chi connectivity index (χ1n) is 7.78. The van der Waals surface area contributed by atoms with Gasteiger partial charge < -0.3 is 9.84 Å². The maximum atomic E-state index is 12.0. The summed E-state index contributed by atoms with van der Waals surface area (Å²) >= 11 is 0. The van der Waals surface area contributed by atoms with Crippen molar-refractivity contribution in [3.8, 4) is 0 Å². The van der Waals surface area contributed by atoms with Crippen LogP contribution >= 0.6 is 0 Å².